The highest BCUT2D eigenvalue weighted by molar-refractivity contribution is 5.60. The van der Waals surface area contributed by atoms with Crippen molar-refractivity contribution in [2.75, 3.05) is 38.2 Å². The van der Waals surface area contributed by atoms with Gasteiger partial charge in [0.05, 0.1) is 18.4 Å². The minimum Gasteiger partial charge on any atom is -0.495 e. The van der Waals surface area contributed by atoms with Gasteiger partial charge in [-0.3, -0.25) is 0 Å². The third-order valence-corrected chi connectivity index (χ3v) is 3.34. The summed E-state index contributed by atoms with van der Waals surface area (Å²) >= 11 is 0. The number of anilines is 1. The van der Waals surface area contributed by atoms with Gasteiger partial charge in [-0.25, -0.2) is 0 Å². The highest BCUT2D eigenvalue weighted by Crippen LogP contribution is 2.33. The number of aliphatic hydroxyl groups is 1. The predicted molar refractivity (Wildman–Crippen MR) is 73.3 cm³/mol. The number of nitrogens with zero attached hydrogens (tertiary/aromatic N) is 1. The maximum absolute atomic E-state index is 10.0. The van der Waals surface area contributed by atoms with E-state index in [0.717, 1.165) is 43.2 Å². The van der Waals surface area contributed by atoms with E-state index in [2.05, 4.69) is 10.2 Å². The normalized spacial score (nSPS) is 16.8. The Bertz CT molecular complexity index is 407. The highest BCUT2D eigenvalue weighted by atomic mass is 16.5. The van der Waals surface area contributed by atoms with Crippen molar-refractivity contribution in [2.24, 2.45) is 0 Å². The van der Waals surface area contributed by atoms with Gasteiger partial charge >= 0.3 is 0 Å². The summed E-state index contributed by atoms with van der Waals surface area (Å²) in [6.45, 7) is 7.53. The van der Waals surface area contributed by atoms with Crippen molar-refractivity contribution in [3.63, 3.8) is 0 Å². The van der Waals surface area contributed by atoms with Crippen LogP contribution in [0.4, 0.5) is 5.69 Å². The lowest BCUT2D eigenvalue weighted by atomic mass is 9.97. The van der Waals surface area contributed by atoms with Crippen LogP contribution in [0.25, 0.3) is 0 Å². The van der Waals surface area contributed by atoms with Gasteiger partial charge in [0.25, 0.3) is 0 Å². The lowest BCUT2D eigenvalue weighted by Gasteiger charge is -2.31. The molecule has 2 rings (SSSR count). The number of hydrogen-bond donors (Lipinski definition) is 2. The van der Waals surface area contributed by atoms with Crippen molar-refractivity contribution in [3.8, 4) is 5.75 Å². The fourth-order valence-electron chi connectivity index (χ4n) is 2.23. The fraction of sp³-hybridized carbons (Fsp3) is 0.571. The standard InChI is InChI=1S/C14H22N2O2/c1-14(2,17)11-4-5-12(13(10-11)18-3)16-8-6-15-7-9-16/h4-5,10,15,17H,6-9H2,1-3H3. The maximum Gasteiger partial charge on any atom is 0.142 e. The van der Waals surface area contributed by atoms with Gasteiger partial charge in [-0.1, -0.05) is 6.07 Å². The number of methoxy groups -OCH3 is 1. The molecule has 0 amide bonds. The van der Waals surface area contributed by atoms with E-state index >= 15 is 0 Å². The first-order valence-electron chi connectivity index (χ1n) is 6.39. The fourth-order valence-corrected chi connectivity index (χ4v) is 2.23. The highest BCUT2D eigenvalue weighted by Gasteiger charge is 2.20. The number of nitrogens with one attached hydrogen (secondary N) is 1. The Balaban J connectivity index is 2.30. The van der Waals surface area contributed by atoms with Crippen molar-refractivity contribution < 1.29 is 9.84 Å². The van der Waals surface area contributed by atoms with Crippen LogP contribution in [0.15, 0.2) is 18.2 Å². The average Bonchev–Trinajstić information content (AvgIpc) is 2.38. The molecule has 1 aromatic rings. The van der Waals surface area contributed by atoms with Gasteiger partial charge in [-0.05, 0) is 31.5 Å². The Morgan fingerprint density at radius 3 is 2.50 bits per heavy atom. The van der Waals surface area contributed by atoms with Crippen LogP contribution in [-0.2, 0) is 5.60 Å². The number of benzene rings is 1. The molecule has 1 aliphatic heterocycles. The van der Waals surface area contributed by atoms with Crippen molar-refractivity contribution in [1.29, 1.82) is 0 Å². The zero-order valence-corrected chi connectivity index (χ0v) is 11.4. The summed E-state index contributed by atoms with van der Waals surface area (Å²) in [5.41, 5.74) is 1.14. The van der Waals surface area contributed by atoms with E-state index in [1.807, 2.05) is 18.2 Å². The van der Waals surface area contributed by atoms with Crippen LogP contribution < -0.4 is 15.0 Å². The first-order chi connectivity index (χ1) is 8.52. The molecule has 0 bridgehead atoms. The second kappa shape index (κ2) is 5.16. The number of rotatable bonds is 3. The third kappa shape index (κ3) is 2.76. The van der Waals surface area contributed by atoms with Gasteiger partial charge in [0, 0.05) is 26.2 Å². The van der Waals surface area contributed by atoms with Crippen molar-refractivity contribution >= 4 is 5.69 Å². The molecule has 1 saturated heterocycles. The number of piperazine rings is 1. The summed E-state index contributed by atoms with van der Waals surface area (Å²) < 4.78 is 5.46. The first kappa shape index (κ1) is 13.2. The van der Waals surface area contributed by atoms with Crippen molar-refractivity contribution in [3.05, 3.63) is 23.8 Å². The van der Waals surface area contributed by atoms with E-state index < -0.39 is 5.60 Å². The Morgan fingerprint density at radius 2 is 1.94 bits per heavy atom. The Labute approximate surface area is 109 Å². The number of ether oxygens (including phenoxy) is 1. The number of hydrogen-bond acceptors (Lipinski definition) is 4. The van der Waals surface area contributed by atoms with E-state index in [4.69, 9.17) is 4.74 Å². The summed E-state index contributed by atoms with van der Waals surface area (Å²) in [6, 6.07) is 5.94. The first-order valence-corrected chi connectivity index (χ1v) is 6.39. The van der Waals surface area contributed by atoms with Crippen molar-refractivity contribution in [1.82, 2.24) is 5.32 Å². The summed E-state index contributed by atoms with van der Waals surface area (Å²) in [7, 11) is 1.68. The molecule has 0 atom stereocenters. The average molecular weight is 250 g/mol. The molecule has 1 heterocycles. The molecule has 0 aromatic heterocycles. The smallest absolute Gasteiger partial charge is 0.142 e. The van der Waals surface area contributed by atoms with Gasteiger partial charge in [0.1, 0.15) is 5.75 Å². The molecule has 0 spiro atoms. The van der Waals surface area contributed by atoms with E-state index in [-0.39, 0.29) is 0 Å². The largest absolute Gasteiger partial charge is 0.495 e. The molecular formula is C14H22N2O2. The van der Waals surface area contributed by atoms with E-state index in [9.17, 15) is 5.11 Å². The van der Waals surface area contributed by atoms with Crippen LogP contribution in [0.5, 0.6) is 5.75 Å². The van der Waals surface area contributed by atoms with Crippen LogP contribution in [0.1, 0.15) is 19.4 Å². The minimum absolute atomic E-state index is 0.830. The second-order valence-electron chi connectivity index (χ2n) is 5.18. The molecule has 4 heteroatoms. The zero-order chi connectivity index (χ0) is 13.2. The van der Waals surface area contributed by atoms with Crippen molar-refractivity contribution in [2.45, 2.75) is 19.4 Å². The monoisotopic (exact) mass is 250 g/mol. The maximum atomic E-state index is 10.0. The predicted octanol–water partition coefficient (Wildman–Crippen LogP) is 1.33. The molecule has 4 nitrogen and oxygen atoms in total. The Hall–Kier alpha value is -1.26. The zero-order valence-electron chi connectivity index (χ0n) is 11.4. The summed E-state index contributed by atoms with van der Waals surface area (Å²) in [6.07, 6.45) is 0. The second-order valence-corrected chi connectivity index (χ2v) is 5.18. The quantitative estimate of drug-likeness (QED) is 0.849. The van der Waals surface area contributed by atoms with Gasteiger partial charge in [0.2, 0.25) is 0 Å². The lowest BCUT2D eigenvalue weighted by molar-refractivity contribution is 0.0783. The van der Waals surface area contributed by atoms with E-state index in [1.54, 1.807) is 21.0 Å². The molecule has 2 N–H and O–H groups in total. The molecule has 0 unspecified atom stereocenters. The Morgan fingerprint density at radius 1 is 1.28 bits per heavy atom. The molecular weight excluding hydrogens is 228 g/mol. The molecule has 1 aliphatic rings. The topological polar surface area (TPSA) is 44.7 Å². The SMILES string of the molecule is COc1cc(C(C)(C)O)ccc1N1CCNCC1. The molecule has 18 heavy (non-hydrogen) atoms. The summed E-state index contributed by atoms with van der Waals surface area (Å²) in [5, 5.41) is 13.4. The van der Waals surface area contributed by atoms with Crippen LogP contribution in [0, 0.1) is 0 Å². The van der Waals surface area contributed by atoms with Gasteiger partial charge in [0.15, 0.2) is 0 Å². The molecule has 0 saturated carbocycles. The molecule has 100 valence electrons. The molecule has 0 aliphatic carbocycles. The lowest BCUT2D eigenvalue weighted by Crippen LogP contribution is -2.43. The van der Waals surface area contributed by atoms with Gasteiger partial charge < -0.3 is 20.1 Å². The molecule has 0 radical (unpaired) electrons. The van der Waals surface area contributed by atoms with Crippen LogP contribution in [-0.4, -0.2) is 38.4 Å². The summed E-state index contributed by atoms with van der Waals surface area (Å²) in [5.74, 6) is 0.830. The van der Waals surface area contributed by atoms with E-state index in [1.165, 1.54) is 0 Å². The van der Waals surface area contributed by atoms with Gasteiger partial charge in [-0.15, -0.1) is 0 Å². The molecule has 1 fully saturated rings. The van der Waals surface area contributed by atoms with Crippen LogP contribution in [0.2, 0.25) is 0 Å². The van der Waals surface area contributed by atoms with Crippen LogP contribution in [0.3, 0.4) is 0 Å². The molecule has 1 aromatic carbocycles. The van der Waals surface area contributed by atoms with E-state index in [0.29, 0.717) is 0 Å². The third-order valence-electron chi connectivity index (χ3n) is 3.34. The summed E-state index contributed by atoms with van der Waals surface area (Å²) in [4.78, 5) is 2.31. The van der Waals surface area contributed by atoms with Crippen LogP contribution >= 0.6 is 0 Å². The minimum atomic E-state index is -0.838. The Kier molecular flexibility index (Phi) is 3.78. The van der Waals surface area contributed by atoms with Gasteiger partial charge in [-0.2, -0.15) is 0 Å².